The molecule has 0 unspecified atom stereocenters. The van der Waals surface area contributed by atoms with E-state index in [0.29, 0.717) is 0 Å². The minimum Gasteiger partial charge on any atom is -0.330 e. The highest BCUT2D eigenvalue weighted by Gasteiger charge is 2.31. The van der Waals surface area contributed by atoms with Gasteiger partial charge in [-0.05, 0) is 51.2 Å². The molecule has 0 aromatic rings. The van der Waals surface area contributed by atoms with Gasteiger partial charge in [-0.2, -0.15) is 0 Å². The van der Waals surface area contributed by atoms with E-state index < -0.39 is 0 Å². The number of piperidine rings is 1. The molecule has 0 spiro atoms. The number of nitrogens with two attached hydrogens (primary N) is 1. The molecule has 2 fully saturated rings. The van der Waals surface area contributed by atoms with Crippen molar-refractivity contribution in [3.05, 3.63) is 0 Å². The Morgan fingerprint density at radius 2 is 1.73 bits per heavy atom. The lowest BCUT2D eigenvalue weighted by Gasteiger charge is -2.31. The molecule has 0 atom stereocenters. The van der Waals surface area contributed by atoms with Gasteiger partial charge in [-0.15, -0.1) is 0 Å². The molecule has 1 aliphatic heterocycles. The SMILES string of the molecule is NCC1CCN(C2CC2)CC1. The molecule has 1 saturated carbocycles. The molecule has 1 saturated heterocycles. The van der Waals surface area contributed by atoms with Crippen LogP contribution in [0.5, 0.6) is 0 Å². The van der Waals surface area contributed by atoms with Gasteiger partial charge in [-0.3, -0.25) is 0 Å². The Hall–Kier alpha value is -0.0800. The molecule has 2 rings (SSSR count). The second-order valence-electron chi connectivity index (χ2n) is 3.95. The molecular formula is C9H18N2. The van der Waals surface area contributed by atoms with Crippen LogP contribution in [0.4, 0.5) is 0 Å². The highest BCUT2D eigenvalue weighted by Crippen LogP contribution is 2.30. The minimum absolute atomic E-state index is 0.824. The van der Waals surface area contributed by atoms with E-state index in [0.717, 1.165) is 18.5 Å². The van der Waals surface area contributed by atoms with Crippen molar-refractivity contribution < 1.29 is 0 Å². The van der Waals surface area contributed by atoms with E-state index in [1.807, 2.05) is 0 Å². The van der Waals surface area contributed by atoms with Gasteiger partial charge in [0.15, 0.2) is 0 Å². The summed E-state index contributed by atoms with van der Waals surface area (Å²) in [5.41, 5.74) is 5.62. The fraction of sp³-hybridized carbons (Fsp3) is 1.00. The first-order chi connectivity index (χ1) is 5.40. The Balaban J connectivity index is 1.75. The van der Waals surface area contributed by atoms with Crippen molar-refractivity contribution >= 4 is 0 Å². The van der Waals surface area contributed by atoms with E-state index in [1.165, 1.54) is 38.8 Å². The summed E-state index contributed by atoms with van der Waals surface area (Å²) in [6, 6.07) is 0.966. The zero-order chi connectivity index (χ0) is 7.68. The molecule has 2 heteroatoms. The predicted molar refractivity (Wildman–Crippen MR) is 46.4 cm³/mol. The van der Waals surface area contributed by atoms with Gasteiger partial charge in [0.1, 0.15) is 0 Å². The van der Waals surface area contributed by atoms with Crippen LogP contribution >= 0.6 is 0 Å². The van der Waals surface area contributed by atoms with Crippen LogP contribution in [-0.4, -0.2) is 30.6 Å². The van der Waals surface area contributed by atoms with Gasteiger partial charge in [-0.25, -0.2) is 0 Å². The number of hydrogen-bond donors (Lipinski definition) is 1. The van der Waals surface area contributed by atoms with Crippen molar-refractivity contribution in [2.75, 3.05) is 19.6 Å². The van der Waals surface area contributed by atoms with Crippen molar-refractivity contribution in [3.8, 4) is 0 Å². The first-order valence-corrected chi connectivity index (χ1v) is 4.84. The van der Waals surface area contributed by atoms with Gasteiger partial charge >= 0.3 is 0 Å². The van der Waals surface area contributed by atoms with Crippen LogP contribution in [-0.2, 0) is 0 Å². The third-order valence-electron chi connectivity index (χ3n) is 3.05. The lowest BCUT2D eigenvalue weighted by molar-refractivity contribution is 0.179. The summed E-state index contributed by atoms with van der Waals surface area (Å²) >= 11 is 0. The fourth-order valence-electron chi connectivity index (χ4n) is 1.99. The second-order valence-corrected chi connectivity index (χ2v) is 3.95. The minimum atomic E-state index is 0.824. The normalized spacial score (nSPS) is 29.2. The molecule has 1 aliphatic carbocycles. The topological polar surface area (TPSA) is 29.3 Å². The highest BCUT2D eigenvalue weighted by molar-refractivity contribution is 4.87. The third kappa shape index (κ3) is 1.74. The van der Waals surface area contributed by atoms with Crippen LogP contribution in [0, 0.1) is 5.92 Å². The molecule has 0 radical (unpaired) electrons. The van der Waals surface area contributed by atoms with Gasteiger partial charge in [0, 0.05) is 6.04 Å². The van der Waals surface area contributed by atoms with E-state index in [2.05, 4.69) is 4.90 Å². The summed E-state index contributed by atoms with van der Waals surface area (Å²) in [6.07, 6.45) is 5.58. The van der Waals surface area contributed by atoms with Crippen molar-refractivity contribution in [2.45, 2.75) is 31.7 Å². The summed E-state index contributed by atoms with van der Waals surface area (Å²) in [7, 11) is 0. The van der Waals surface area contributed by atoms with Gasteiger partial charge in [0.2, 0.25) is 0 Å². The predicted octanol–water partition coefficient (Wildman–Crippen LogP) is 0.819. The zero-order valence-corrected chi connectivity index (χ0v) is 7.13. The quantitative estimate of drug-likeness (QED) is 0.638. The fourth-order valence-corrected chi connectivity index (χ4v) is 1.99. The maximum atomic E-state index is 5.62. The van der Waals surface area contributed by atoms with E-state index >= 15 is 0 Å². The molecule has 2 N–H and O–H groups in total. The monoisotopic (exact) mass is 154 g/mol. The lowest BCUT2D eigenvalue weighted by atomic mass is 9.97. The first-order valence-electron chi connectivity index (χ1n) is 4.84. The van der Waals surface area contributed by atoms with Crippen LogP contribution < -0.4 is 5.73 Å². The largest absolute Gasteiger partial charge is 0.330 e. The van der Waals surface area contributed by atoms with Crippen LogP contribution in [0.1, 0.15) is 25.7 Å². The number of nitrogens with zero attached hydrogens (tertiary/aromatic N) is 1. The summed E-state index contributed by atoms with van der Waals surface area (Å²) < 4.78 is 0. The van der Waals surface area contributed by atoms with E-state index in [9.17, 15) is 0 Å². The first kappa shape index (κ1) is 7.56. The molecule has 11 heavy (non-hydrogen) atoms. The van der Waals surface area contributed by atoms with Crippen LogP contribution in [0.2, 0.25) is 0 Å². The Bertz CT molecular complexity index is 124. The van der Waals surface area contributed by atoms with E-state index in [-0.39, 0.29) is 0 Å². The van der Waals surface area contributed by atoms with E-state index in [4.69, 9.17) is 5.73 Å². The Morgan fingerprint density at radius 3 is 2.18 bits per heavy atom. The lowest BCUT2D eigenvalue weighted by Crippen LogP contribution is -2.37. The van der Waals surface area contributed by atoms with Crippen molar-refractivity contribution in [3.63, 3.8) is 0 Å². The van der Waals surface area contributed by atoms with Crippen LogP contribution in [0.25, 0.3) is 0 Å². The maximum absolute atomic E-state index is 5.62. The Kier molecular flexibility index (Phi) is 2.14. The van der Waals surface area contributed by atoms with Crippen LogP contribution in [0.15, 0.2) is 0 Å². The molecule has 0 aromatic carbocycles. The van der Waals surface area contributed by atoms with E-state index in [1.54, 1.807) is 0 Å². The molecule has 64 valence electrons. The molecule has 1 heterocycles. The van der Waals surface area contributed by atoms with Gasteiger partial charge < -0.3 is 10.6 Å². The second kappa shape index (κ2) is 3.11. The zero-order valence-electron chi connectivity index (χ0n) is 7.13. The molecule has 0 aromatic heterocycles. The molecular weight excluding hydrogens is 136 g/mol. The summed E-state index contributed by atoms with van der Waals surface area (Å²) in [5, 5.41) is 0. The van der Waals surface area contributed by atoms with Crippen molar-refractivity contribution in [1.29, 1.82) is 0 Å². The number of likely N-dealkylation sites (tertiary alicyclic amines) is 1. The van der Waals surface area contributed by atoms with Gasteiger partial charge in [0.05, 0.1) is 0 Å². The van der Waals surface area contributed by atoms with Crippen LogP contribution in [0.3, 0.4) is 0 Å². The highest BCUT2D eigenvalue weighted by atomic mass is 15.2. The van der Waals surface area contributed by atoms with Gasteiger partial charge in [0.25, 0.3) is 0 Å². The van der Waals surface area contributed by atoms with Crippen molar-refractivity contribution in [2.24, 2.45) is 11.7 Å². The van der Waals surface area contributed by atoms with Gasteiger partial charge in [-0.1, -0.05) is 0 Å². The maximum Gasteiger partial charge on any atom is 0.00964 e. The summed E-state index contributed by atoms with van der Waals surface area (Å²) in [6.45, 7) is 3.53. The Labute approximate surface area is 68.7 Å². The average Bonchev–Trinajstić information content (AvgIpc) is 2.87. The number of hydrogen-bond acceptors (Lipinski definition) is 2. The standard InChI is InChI=1S/C9H18N2/c10-7-8-3-5-11(6-4-8)9-1-2-9/h8-9H,1-7,10H2. The summed E-state index contributed by atoms with van der Waals surface area (Å²) in [4.78, 5) is 2.64. The molecule has 2 nitrogen and oxygen atoms in total. The molecule has 0 amide bonds. The Morgan fingerprint density at radius 1 is 1.09 bits per heavy atom. The molecule has 0 bridgehead atoms. The molecule has 2 aliphatic rings. The summed E-state index contributed by atoms with van der Waals surface area (Å²) in [5.74, 6) is 0.824. The number of rotatable bonds is 2. The van der Waals surface area contributed by atoms with Crippen molar-refractivity contribution in [1.82, 2.24) is 4.90 Å². The third-order valence-corrected chi connectivity index (χ3v) is 3.05. The average molecular weight is 154 g/mol. The smallest absolute Gasteiger partial charge is 0.00964 e.